The van der Waals surface area contributed by atoms with E-state index >= 15 is 0 Å². The topological polar surface area (TPSA) is 50.1 Å². The zero-order valence-corrected chi connectivity index (χ0v) is 10.1. The summed E-state index contributed by atoms with van der Waals surface area (Å²) in [6.07, 6.45) is 1.79. The number of aryl methyl sites for hydroxylation is 1. The van der Waals surface area contributed by atoms with Crippen LogP contribution in [0, 0.1) is 0 Å². The van der Waals surface area contributed by atoms with E-state index in [-0.39, 0.29) is 6.04 Å². The Hall–Kier alpha value is -1.81. The first-order valence-electron chi connectivity index (χ1n) is 5.66. The highest BCUT2D eigenvalue weighted by Crippen LogP contribution is 2.17. The van der Waals surface area contributed by atoms with Crippen LogP contribution in [-0.2, 0) is 13.6 Å². The maximum Gasteiger partial charge on any atom is 0.120 e. The zero-order valence-electron chi connectivity index (χ0n) is 10.1. The molecule has 0 saturated heterocycles. The fourth-order valence-electron chi connectivity index (χ4n) is 1.84. The van der Waals surface area contributed by atoms with Gasteiger partial charge in [-0.05, 0) is 19.1 Å². The average molecular weight is 231 g/mol. The molecule has 2 aromatic rings. The van der Waals surface area contributed by atoms with Crippen molar-refractivity contribution in [2.24, 2.45) is 7.05 Å². The largest absolute Gasteiger partial charge is 0.508 e. The van der Waals surface area contributed by atoms with Gasteiger partial charge in [0.25, 0.3) is 0 Å². The summed E-state index contributed by atoms with van der Waals surface area (Å²) in [4.78, 5) is 0. The molecule has 0 amide bonds. The van der Waals surface area contributed by atoms with Gasteiger partial charge in [0, 0.05) is 31.4 Å². The summed E-state index contributed by atoms with van der Waals surface area (Å²) in [6, 6.07) is 9.55. The molecule has 0 aliphatic rings. The van der Waals surface area contributed by atoms with Crippen LogP contribution in [0.5, 0.6) is 5.75 Å². The SMILES string of the molecule is CC(NCc1ccccc1O)c1ccnn1C. The molecule has 0 spiro atoms. The second kappa shape index (κ2) is 5.01. The van der Waals surface area contributed by atoms with Crippen molar-refractivity contribution in [1.82, 2.24) is 15.1 Å². The van der Waals surface area contributed by atoms with Crippen LogP contribution in [0.25, 0.3) is 0 Å². The molecular formula is C13H17N3O. The van der Waals surface area contributed by atoms with E-state index in [0.717, 1.165) is 11.3 Å². The van der Waals surface area contributed by atoms with Gasteiger partial charge in [0.2, 0.25) is 0 Å². The molecule has 0 bridgehead atoms. The molecule has 1 atom stereocenters. The number of hydrogen-bond acceptors (Lipinski definition) is 3. The molecule has 0 radical (unpaired) electrons. The number of aromatic nitrogens is 2. The molecule has 1 heterocycles. The number of benzene rings is 1. The fraction of sp³-hybridized carbons (Fsp3) is 0.308. The summed E-state index contributed by atoms with van der Waals surface area (Å²) in [5.74, 6) is 0.331. The van der Waals surface area contributed by atoms with Crippen LogP contribution in [0.2, 0.25) is 0 Å². The van der Waals surface area contributed by atoms with E-state index in [1.54, 1.807) is 12.3 Å². The number of hydrogen-bond donors (Lipinski definition) is 2. The maximum absolute atomic E-state index is 9.65. The molecule has 2 rings (SSSR count). The van der Waals surface area contributed by atoms with Gasteiger partial charge >= 0.3 is 0 Å². The van der Waals surface area contributed by atoms with Gasteiger partial charge in [-0.2, -0.15) is 5.10 Å². The third-order valence-corrected chi connectivity index (χ3v) is 2.89. The molecule has 1 aromatic carbocycles. The van der Waals surface area contributed by atoms with Gasteiger partial charge in [0.05, 0.1) is 5.69 Å². The van der Waals surface area contributed by atoms with Crippen LogP contribution >= 0.6 is 0 Å². The monoisotopic (exact) mass is 231 g/mol. The first kappa shape index (κ1) is 11.7. The first-order valence-corrected chi connectivity index (χ1v) is 5.66. The third kappa shape index (κ3) is 2.65. The second-order valence-corrected chi connectivity index (χ2v) is 4.11. The molecule has 1 aromatic heterocycles. The molecule has 2 N–H and O–H groups in total. The average Bonchev–Trinajstić information content (AvgIpc) is 2.74. The predicted molar refractivity (Wildman–Crippen MR) is 66.6 cm³/mol. The Morgan fingerprint density at radius 1 is 1.35 bits per heavy atom. The zero-order chi connectivity index (χ0) is 12.3. The lowest BCUT2D eigenvalue weighted by Gasteiger charge is -2.14. The van der Waals surface area contributed by atoms with E-state index in [1.165, 1.54) is 0 Å². The van der Waals surface area contributed by atoms with Crippen LogP contribution < -0.4 is 5.32 Å². The predicted octanol–water partition coefficient (Wildman–Crippen LogP) is 1.98. The Morgan fingerprint density at radius 3 is 2.76 bits per heavy atom. The first-order chi connectivity index (χ1) is 8.18. The highest BCUT2D eigenvalue weighted by molar-refractivity contribution is 5.31. The van der Waals surface area contributed by atoms with E-state index in [9.17, 15) is 5.11 Å². The molecule has 4 heteroatoms. The number of aromatic hydroxyl groups is 1. The highest BCUT2D eigenvalue weighted by atomic mass is 16.3. The summed E-state index contributed by atoms with van der Waals surface area (Å²) in [5.41, 5.74) is 2.03. The maximum atomic E-state index is 9.65. The van der Waals surface area contributed by atoms with Crippen molar-refractivity contribution in [2.75, 3.05) is 0 Å². The number of phenolic OH excluding ortho intramolecular Hbond substituents is 1. The second-order valence-electron chi connectivity index (χ2n) is 4.11. The van der Waals surface area contributed by atoms with E-state index < -0.39 is 0 Å². The molecule has 1 unspecified atom stereocenters. The highest BCUT2D eigenvalue weighted by Gasteiger charge is 2.09. The molecule has 0 saturated carbocycles. The van der Waals surface area contributed by atoms with Crippen LogP contribution in [0.3, 0.4) is 0 Å². The van der Waals surface area contributed by atoms with Crippen molar-refractivity contribution in [1.29, 1.82) is 0 Å². The number of rotatable bonds is 4. The lowest BCUT2D eigenvalue weighted by Crippen LogP contribution is -2.20. The van der Waals surface area contributed by atoms with Gasteiger partial charge in [-0.3, -0.25) is 4.68 Å². The van der Waals surface area contributed by atoms with Gasteiger partial charge in [-0.1, -0.05) is 18.2 Å². The molecule has 0 aliphatic heterocycles. The third-order valence-electron chi connectivity index (χ3n) is 2.89. The van der Waals surface area contributed by atoms with Gasteiger partial charge in [-0.25, -0.2) is 0 Å². The van der Waals surface area contributed by atoms with Crippen LogP contribution in [0.15, 0.2) is 36.5 Å². The van der Waals surface area contributed by atoms with Gasteiger partial charge in [-0.15, -0.1) is 0 Å². The Balaban J connectivity index is 2.00. The standard InChI is InChI=1S/C13H17N3O/c1-10(12-7-8-15-16(12)2)14-9-11-5-3-4-6-13(11)17/h3-8,10,14,17H,9H2,1-2H3. The summed E-state index contributed by atoms with van der Waals surface area (Å²) in [5, 5.41) is 17.2. The van der Waals surface area contributed by atoms with E-state index in [4.69, 9.17) is 0 Å². The van der Waals surface area contributed by atoms with Crippen molar-refractivity contribution in [3.63, 3.8) is 0 Å². The fourth-order valence-corrected chi connectivity index (χ4v) is 1.84. The molecule has 0 aliphatic carbocycles. The summed E-state index contributed by atoms with van der Waals surface area (Å²) >= 11 is 0. The Kier molecular flexibility index (Phi) is 3.44. The van der Waals surface area contributed by atoms with Crippen molar-refractivity contribution in [3.8, 4) is 5.75 Å². The molecule has 17 heavy (non-hydrogen) atoms. The summed E-state index contributed by atoms with van der Waals surface area (Å²) < 4.78 is 1.85. The quantitative estimate of drug-likeness (QED) is 0.846. The molecule has 4 nitrogen and oxygen atoms in total. The summed E-state index contributed by atoms with van der Waals surface area (Å²) in [7, 11) is 1.92. The minimum atomic E-state index is 0.196. The van der Waals surface area contributed by atoms with Gasteiger partial charge < -0.3 is 10.4 Å². The van der Waals surface area contributed by atoms with E-state index in [2.05, 4.69) is 17.3 Å². The van der Waals surface area contributed by atoms with Crippen LogP contribution in [0.1, 0.15) is 24.2 Å². The normalized spacial score (nSPS) is 12.6. The molecular weight excluding hydrogens is 214 g/mol. The number of phenols is 1. The smallest absolute Gasteiger partial charge is 0.120 e. The van der Waals surface area contributed by atoms with E-state index in [0.29, 0.717) is 12.3 Å². The molecule has 0 fully saturated rings. The lowest BCUT2D eigenvalue weighted by atomic mass is 10.1. The van der Waals surface area contributed by atoms with Crippen LogP contribution in [0.4, 0.5) is 0 Å². The lowest BCUT2D eigenvalue weighted by molar-refractivity contribution is 0.457. The number of nitrogens with zero attached hydrogens (tertiary/aromatic N) is 2. The van der Waals surface area contributed by atoms with Crippen molar-refractivity contribution in [3.05, 3.63) is 47.8 Å². The van der Waals surface area contributed by atoms with Crippen molar-refractivity contribution < 1.29 is 5.11 Å². The molecule has 90 valence electrons. The minimum Gasteiger partial charge on any atom is -0.508 e. The Morgan fingerprint density at radius 2 is 2.12 bits per heavy atom. The Bertz CT molecular complexity index is 493. The van der Waals surface area contributed by atoms with Crippen LogP contribution in [-0.4, -0.2) is 14.9 Å². The van der Waals surface area contributed by atoms with Crippen molar-refractivity contribution >= 4 is 0 Å². The number of para-hydroxylation sites is 1. The summed E-state index contributed by atoms with van der Waals surface area (Å²) in [6.45, 7) is 2.72. The minimum absolute atomic E-state index is 0.196. The van der Waals surface area contributed by atoms with Crippen molar-refractivity contribution in [2.45, 2.75) is 19.5 Å². The Labute approximate surface area is 101 Å². The van der Waals surface area contributed by atoms with Gasteiger partial charge in [0.15, 0.2) is 0 Å². The number of nitrogens with one attached hydrogen (secondary N) is 1. The van der Waals surface area contributed by atoms with E-state index in [1.807, 2.05) is 36.0 Å². The van der Waals surface area contributed by atoms with Gasteiger partial charge in [0.1, 0.15) is 5.75 Å².